The van der Waals surface area contributed by atoms with Crippen molar-refractivity contribution in [3.05, 3.63) is 22.8 Å². The predicted molar refractivity (Wildman–Crippen MR) is 41.3 cm³/mol. The Morgan fingerprint density at radius 1 is 1.78 bits per heavy atom. The Kier molecular flexibility index (Phi) is 3.65. The molecule has 0 N–H and O–H groups in total. The van der Waals surface area contributed by atoms with E-state index in [0.717, 1.165) is 0 Å². The van der Waals surface area contributed by atoms with Gasteiger partial charge in [0.1, 0.15) is 6.07 Å². The standard InChI is InChI=1S/C6H5BrN2/c1-3-5(7)6(4-8)9-2/h3H,1-2H2/b6-5+. The van der Waals surface area contributed by atoms with Crippen molar-refractivity contribution in [3.8, 4) is 6.07 Å². The lowest BCUT2D eigenvalue weighted by Gasteiger charge is -1.86. The Balaban J connectivity index is 4.63. The van der Waals surface area contributed by atoms with Gasteiger partial charge in [0.25, 0.3) is 0 Å². The van der Waals surface area contributed by atoms with Gasteiger partial charge in [0.2, 0.25) is 0 Å². The zero-order valence-electron chi connectivity index (χ0n) is 4.76. The van der Waals surface area contributed by atoms with Crippen LogP contribution in [0.15, 0.2) is 27.8 Å². The van der Waals surface area contributed by atoms with Gasteiger partial charge in [0.15, 0.2) is 5.70 Å². The summed E-state index contributed by atoms with van der Waals surface area (Å²) in [6.07, 6.45) is 1.49. The summed E-state index contributed by atoms with van der Waals surface area (Å²) in [5.74, 6) is 0. The van der Waals surface area contributed by atoms with E-state index in [2.05, 4.69) is 34.2 Å². The second-order valence-corrected chi connectivity index (χ2v) is 2.02. The van der Waals surface area contributed by atoms with Gasteiger partial charge in [-0.15, -0.1) is 0 Å². The van der Waals surface area contributed by atoms with Gasteiger partial charge in [-0.2, -0.15) is 5.26 Å². The SMILES string of the molecule is C=C/C(Br)=C(/C#N)N=C. The second-order valence-electron chi connectivity index (χ2n) is 1.17. The third-order valence-electron chi connectivity index (χ3n) is 0.669. The minimum atomic E-state index is 0.255. The molecule has 0 radical (unpaired) electrons. The molecule has 2 nitrogen and oxygen atoms in total. The molecule has 0 aromatic heterocycles. The maximum absolute atomic E-state index is 8.31. The van der Waals surface area contributed by atoms with Crippen LogP contribution in [0.1, 0.15) is 0 Å². The average Bonchev–Trinajstić information content (AvgIpc) is 1.90. The van der Waals surface area contributed by atoms with E-state index in [1.54, 1.807) is 0 Å². The van der Waals surface area contributed by atoms with Crippen LogP contribution in [0, 0.1) is 11.3 Å². The van der Waals surface area contributed by atoms with Crippen LogP contribution in [0.4, 0.5) is 0 Å². The highest BCUT2D eigenvalue weighted by molar-refractivity contribution is 9.11. The molecule has 0 aliphatic heterocycles. The maximum atomic E-state index is 8.31. The second kappa shape index (κ2) is 4.04. The molecule has 0 bridgehead atoms. The summed E-state index contributed by atoms with van der Waals surface area (Å²) in [4.78, 5) is 3.43. The molecule has 0 aromatic carbocycles. The monoisotopic (exact) mass is 184 g/mol. The van der Waals surface area contributed by atoms with E-state index in [1.165, 1.54) is 6.08 Å². The van der Waals surface area contributed by atoms with E-state index in [4.69, 9.17) is 5.26 Å². The number of hydrogen-bond donors (Lipinski definition) is 0. The Morgan fingerprint density at radius 2 is 2.33 bits per heavy atom. The summed E-state index contributed by atoms with van der Waals surface area (Å²) in [6.45, 7) is 6.63. The van der Waals surface area contributed by atoms with Gasteiger partial charge in [-0.1, -0.05) is 12.7 Å². The van der Waals surface area contributed by atoms with Crippen molar-refractivity contribution < 1.29 is 0 Å². The van der Waals surface area contributed by atoms with Gasteiger partial charge in [-0.05, 0) is 22.6 Å². The van der Waals surface area contributed by atoms with Gasteiger partial charge in [0.05, 0.1) is 4.48 Å². The van der Waals surface area contributed by atoms with Crippen LogP contribution >= 0.6 is 15.9 Å². The van der Waals surface area contributed by atoms with Crippen LogP contribution in [0.2, 0.25) is 0 Å². The highest BCUT2D eigenvalue weighted by Gasteiger charge is 1.93. The van der Waals surface area contributed by atoms with Gasteiger partial charge >= 0.3 is 0 Å². The molecule has 3 heteroatoms. The highest BCUT2D eigenvalue weighted by atomic mass is 79.9. The van der Waals surface area contributed by atoms with Crippen LogP contribution < -0.4 is 0 Å². The van der Waals surface area contributed by atoms with Crippen molar-refractivity contribution >= 4 is 22.6 Å². The zero-order chi connectivity index (χ0) is 7.28. The fourth-order valence-electron chi connectivity index (χ4n) is 0.261. The van der Waals surface area contributed by atoms with Crippen molar-refractivity contribution in [1.82, 2.24) is 0 Å². The highest BCUT2D eigenvalue weighted by Crippen LogP contribution is 2.12. The van der Waals surface area contributed by atoms with E-state index < -0.39 is 0 Å². The first kappa shape index (κ1) is 8.12. The smallest absolute Gasteiger partial charge is 0.153 e. The summed E-state index contributed by atoms with van der Waals surface area (Å²) in [5.41, 5.74) is 0.255. The summed E-state index contributed by atoms with van der Waals surface area (Å²) in [5, 5.41) is 8.31. The first-order valence-corrected chi connectivity index (χ1v) is 2.94. The molecular weight excluding hydrogens is 180 g/mol. The predicted octanol–water partition coefficient (Wildman–Crippen LogP) is 2.00. The van der Waals surface area contributed by atoms with E-state index >= 15 is 0 Å². The molecule has 0 amide bonds. The Labute approximate surface area is 62.3 Å². The number of halogens is 1. The van der Waals surface area contributed by atoms with E-state index in [0.29, 0.717) is 4.48 Å². The van der Waals surface area contributed by atoms with Crippen molar-refractivity contribution in [2.24, 2.45) is 4.99 Å². The molecule has 0 aliphatic carbocycles. The van der Waals surface area contributed by atoms with Crippen LogP contribution in [-0.4, -0.2) is 6.72 Å². The molecule has 0 unspecified atom stereocenters. The number of nitrogens with zero attached hydrogens (tertiary/aromatic N) is 2. The number of hydrogen-bond acceptors (Lipinski definition) is 2. The summed E-state index contributed by atoms with van der Waals surface area (Å²) in [7, 11) is 0. The van der Waals surface area contributed by atoms with Crippen molar-refractivity contribution in [1.29, 1.82) is 5.26 Å². The van der Waals surface area contributed by atoms with Crippen molar-refractivity contribution in [2.45, 2.75) is 0 Å². The first-order valence-electron chi connectivity index (χ1n) is 2.15. The number of aliphatic imine (C=N–C) groups is 1. The Hall–Kier alpha value is -0.880. The number of rotatable bonds is 2. The summed E-state index contributed by atoms with van der Waals surface area (Å²) in [6, 6.07) is 1.83. The summed E-state index contributed by atoms with van der Waals surface area (Å²) < 4.78 is 0.569. The van der Waals surface area contributed by atoms with Gasteiger partial charge in [-0.3, -0.25) is 4.99 Å². The molecule has 0 rings (SSSR count). The maximum Gasteiger partial charge on any atom is 0.153 e. The van der Waals surface area contributed by atoms with Gasteiger partial charge in [-0.25, -0.2) is 0 Å². The molecule has 46 valence electrons. The van der Waals surface area contributed by atoms with Crippen LogP contribution in [0.3, 0.4) is 0 Å². The van der Waals surface area contributed by atoms with Crippen molar-refractivity contribution in [3.63, 3.8) is 0 Å². The van der Waals surface area contributed by atoms with Gasteiger partial charge in [0, 0.05) is 0 Å². The molecule has 0 aromatic rings. The fraction of sp³-hybridized carbons (Fsp3) is 0. The first-order chi connectivity index (χ1) is 4.26. The lowest BCUT2D eigenvalue weighted by Crippen LogP contribution is -1.72. The molecule has 0 saturated carbocycles. The number of nitriles is 1. The Morgan fingerprint density at radius 3 is 2.44 bits per heavy atom. The number of allylic oxidation sites excluding steroid dienone is 3. The van der Waals surface area contributed by atoms with Gasteiger partial charge < -0.3 is 0 Å². The molecule has 0 saturated heterocycles. The zero-order valence-corrected chi connectivity index (χ0v) is 6.35. The topological polar surface area (TPSA) is 36.1 Å². The Bertz CT molecular complexity index is 198. The summed E-state index contributed by atoms with van der Waals surface area (Å²) >= 11 is 3.07. The lowest BCUT2D eigenvalue weighted by atomic mass is 10.4. The molecule has 0 atom stereocenters. The quantitative estimate of drug-likeness (QED) is 0.368. The van der Waals surface area contributed by atoms with Crippen LogP contribution in [-0.2, 0) is 0 Å². The van der Waals surface area contributed by atoms with E-state index in [9.17, 15) is 0 Å². The van der Waals surface area contributed by atoms with Crippen molar-refractivity contribution in [2.75, 3.05) is 0 Å². The molecule has 0 fully saturated rings. The molecular formula is C6H5BrN2. The third-order valence-corrected chi connectivity index (χ3v) is 1.37. The van der Waals surface area contributed by atoms with E-state index in [-0.39, 0.29) is 5.70 Å². The molecule has 0 aliphatic rings. The third kappa shape index (κ3) is 2.24. The average molecular weight is 185 g/mol. The lowest BCUT2D eigenvalue weighted by molar-refractivity contribution is 1.39. The minimum Gasteiger partial charge on any atom is -0.252 e. The van der Waals surface area contributed by atoms with Crippen LogP contribution in [0.25, 0.3) is 0 Å². The molecule has 0 spiro atoms. The van der Waals surface area contributed by atoms with Crippen LogP contribution in [0.5, 0.6) is 0 Å². The fourth-order valence-corrected chi connectivity index (χ4v) is 0.475. The molecule has 9 heavy (non-hydrogen) atoms. The molecule has 0 heterocycles. The largest absolute Gasteiger partial charge is 0.252 e. The van der Waals surface area contributed by atoms with E-state index in [1.807, 2.05) is 6.07 Å². The normalized spacial score (nSPS) is 11.1. The minimum absolute atomic E-state index is 0.255.